The van der Waals surface area contributed by atoms with Gasteiger partial charge in [0.15, 0.2) is 0 Å². The van der Waals surface area contributed by atoms with Crippen LogP contribution in [0.2, 0.25) is 0 Å². The molecule has 19 heavy (non-hydrogen) atoms. The van der Waals surface area contributed by atoms with E-state index in [1.807, 2.05) is 0 Å². The lowest BCUT2D eigenvalue weighted by molar-refractivity contribution is 0.891. The minimum absolute atomic E-state index is 1.26. The maximum atomic E-state index is 2.26. The monoisotopic (exact) mass is 247 g/mol. The molecule has 1 nitrogen and oxygen atoms in total. The van der Waals surface area contributed by atoms with E-state index in [-0.39, 0.29) is 0 Å². The molecule has 0 spiro atoms. The molecule has 0 aliphatic carbocycles. The van der Waals surface area contributed by atoms with Crippen LogP contribution in [0.15, 0.2) is 66.7 Å². The Bertz CT molecular complexity index is 678. The largest absolute Gasteiger partial charge is 0.347 e. The van der Waals surface area contributed by atoms with E-state index in [1.165, 1.54) is 28.1 Å². The topological polar surface area (TPSA) is 4.93 Å². The molecule has 1 aromatic heterocycles. The Morgan fingerprint density at radius 1 is 0.737 bits per heavy atom. The van der Waals surface area contributed by atoms with Crippen molar-refractivity contribution < 1.29 is 0 Å². The number of rotatable bonds is 2. The molecule has 0 N–H and O–H groups in total. The Kier molecular flexibility index (Phi) is 2.96. The van der Waals surface area contributed by atoms with Crippen molar-refractivity contribution in [3.8, 4) is 22.4 Å². The summed E-state index contributed by atoms with van der Waals surface area (Å²) in [4.78, 5) is 0. The van der Waals surface area contributed by atoms with Gasteiger partial charge in [-0.25, -0.2) is 0 Å². The maximum absolute atomic E-state index is 2.26. The summed E-state index contributed by atoms with van der Waals surface area (Å²) in [6.45, 7) is 2.15. The summed E-state index contributed by atoms with van der Waals surface area (Å²) < 4.78 is 2.26. The fourth-order valence-corrected chi connectivity index (χ4v) is 2.51. The number of hydrogen-bond donors (Lipinski definition) is 0. The average Bonchev–Trinajstić information content (AvgIpc) is 2.77. The van der Waals surface area contributed by atoms with E-state index in [0.717, 1.165) is 0 Å². The highest BCUT2D eigenvalue weighted by Crippen LogP contribution is 2.34. The summed E-state index contributed by atoms with van der Waals surface area (Å²) >= 11 is 0. The molecule has 0 atom stereocenters. The van der Waals surface area contributed by atoms with Gasteiger partial charge in [0.05, 0.1) is 5.69 Å². The van der Waals surface area contributed by atoms with E-state index in [9.17, 15) is 0 Å². The second-order valence-corrected chi connectivity index (χ2v) is 4.84. The lowest BCUT2D eigenvalue weighted by Gasteiger charge is -2.09. The van der Waals surface area contributed by atoms with Crippen molar-refractivity contribution in [1.82, 2.24) is 4.57 Å². The molecule has 0 unspecified atom stereocenters. The van der Waals surface area contributed by atoms with Gasteiger partial charge in [-0.15, -0.1) is 0 Å². The highest BCUT2D eigenvalue weighted by atomic mass is 15.0. The Morgan fingerprint density at radius 3 is 1.84 bits per heavy atom. The van der Waals surface area contributed by atoms with Crippen LogP contribution in [0, 0.1) is 6.92 Å². The van der Waals surface area contributed by atoms with E-state index in [2.05, 4.69) is 85.3 Å². The first-order chi connectivity index (χ1) is 9.27. The molecule has 0 bridgehead atoms. The third kappa shape index (κ3) is 2.08. The Balaban J connectivity index is 2.25. The molecular formula is C18H17N. The minimum atomic E-state index is 1.26. The van der Waals surface area contributed by atoms with Crippen LogP contribution < -0.4 is 0 Å². The van der Waals surface area contributed by atoms with Crippen LogP contribution in [0.4, 0.5) is 0 Å². The van der Waals surface area contributed by atoms with E-state index in [1.54, 1.807) is 0 Å². The minimum Gasteiger partial charge on any atom is -0.347 e. The molecular weight excluding hydrogens is 230 g/mol. The van der Waals surface area contributed by atoms with Gasteiger partial charge in [-0.3, -0.25) is 0 Å². The molecule has 0 fully saturated rings. The van der Waals surface area contributed by atoms with Crippen LogP contribution in [-0.4, -0.2) is 4.57 Å². The maximum Gasteiger partial charge on any atom is 0.0559 e. The Hall–Kier alpha value is -2.28. The molecule has 2 aromatic carbocycles. The average molecular weight is 247 g/mol. The van der Waals surface area contributed by atoms with Crippen LogP contribution in [0.3, 0.4) is 0 Å². The molecule has 3 rings (SSSR count). The highest BCUT2D eigenvalue weighted by Gasteiger charge is 2.13. The predicted molar refractivity (Wildman–Crippen MR) is 81.0 cm³/mol. The lowest BCUT2D eigenvalue weighted by atomic mass is 10.0. The summed E-state index contributed by atoms with van der Waals surface area (Å²) in [7, 11) is 2.13. The van der Waals surface area contributed by atoms with Gasteiger partial charge in [0.2, 0.25) is 0 Å². The number of hydrogen-bond acceptors (Lipinski definition) is 0. The standard InChI is InChI=1S/C18H17N/c1-14-13-17(15-9-5-3-6-10-15)18(19(14)2)16-11-7-4-8-12-16/h3-13H,1-2H3. The lowest BCUT2D eigenvalue weighted by Crippen LogP contribution is -1.94. The van der Waals surface area contributed by atoms with Gasteiger partial charge in [-0.05, 0) is 24.1 Å². The molecule has 3 aromatic rings. The number of nitrogens with zero attached hydrogens (tertiary/aromatic N) is 1. The molecule has 0 amide bonds. The van der Waals surface area contributed by atoms with Crippen LogP contribution in [0.25, 0.3) is 22.4 Å². The second-order valence-electron chi connectivity index (χ2n) is 4.84. The van der Waals surface area contributed by atoms with Crippen molar-refractivity contribution in [2.24, 2.45) is 7.05 Å². The zero-order chi connectivity index (χ0) is 13.2. The molecule has 0 saturated heterocycles. The van der Waals surface area contributed by atoms with Crippen molar-refractivity contribution >= 4 is 0 Å². The number of aromatic nitrogens is 1. The van der Waals surface area contributed by atoms with Crippen LogP contribution >= 0.6 is 0 Å². The molecule has 1 heteroatoms. The molecule has 0 aliphatic heterocycles. The quantitative estimate of drug-likeness (QED) is 0.620. The summed E-state index contributed by atoms with van der Waals surface area (Å²) in [6, 6.07) is 23.4. The fraction of sp³-hybridized carbons (Fsp3) is 0.111. The SMILES string of the molecule is Cc1cc(-c2ccccc2)c(-c2ccccc2)n1C. The van der Waals surface area contributed by atoms with E-state index < -0.39 is 0 Å². The van der Waals surface area contributed by atoms with Gasteiger partial charge >= 0.3 is 0 Å². The van der Waals surface area contributed by atoms with Crippen molar-refractivity contribution in [3.05, 3.63) is 72.4 Å². The van der Waals surface area contributed by atoms with E-state index in [4.69, 9.17) is 0 Å². The highest BCUT2D eigenvalue weighted by molar-refractivity contribution is 5.82. The molecule has 94 valence electrons. The molecule has 0 aliphatic rings. The van der Waals surface area contributed by atoms with E-state index >= 15 is 0 Å². The molecule has 1 heterocycles. The smallest absolute Gasteiger partial charge is 0.0559 e. The van der Waals surface area contributed by atoms with Crippen LogP contribution in [0.5, 0.6) is 0 Å². The van der Waals surface area contributed by atoms with Gasteiger partial charge < -0.3 is 4.57 Å². The first-order valence-corrected chi connectivity index (χ1v) is 6.54. The second kappa shape index (κ2) is 4.77. The zero-order valence-electron chi connectivity index (χ0n) is 11.3. The molecule has 0 radical (unpaired) electrons. The van der Waals surface area contributed by atoms with Crippen LogP contribution in [0.1, 0.15) is 5.69 Å². The van der Waals surface area contributed by atoms with Gasteiger partial charge in [0, 0.05) is 18.3 Å². The number of benzene rings is 2. The summed E-state index contributed by atoms with van der Waals surface area (Å²) in [5, 5.41) is 0. The first-order valence-electron chi connectivity index (χ1n) is 6.54. The van der Waals surface area contributed by atoms with Gasteiger partial charge in [-0.2, -0.15) is 0 Å². The number of aryl methyl sites for hydroxylation is 1. The van der Waals surface area contributed by atoms with Crippen LogP contribution in [-0.2, 0) is 7.05 Å². The first kappa shape index (κ1) is 11.8. The predicted octanol–water partition coefficient (Wildman–Crippen LogP) is 4.67. The van der Waals surface area contributed by atoms with Crippen molar-refractivity contribution in [1.29, 1.82) is 0 Å². The Labute approximate surface area is 114 Å². The van der Waals surface area contributed by atoms with Gasteiger partial charge in [0.1, 0.15) is 0 Å². The third-order valence-electron chi connectivity index (χ3n) is 3.60. The third-order valence-corrected chi connectivity index (χ3v) is 3.60. The summed E-state index contributed by atoms with van der Waals surface area (Å²) in [5.41, 5.74) is 6.39. The normalized spacial score (nSPS) is 10.6. The summed E-state index contributed by atoms with van der Waals surface area (Å²) in [6.07, 6.45) is 0. The van der Waals surface area contributed by atoms with Crippen molar-refractivity contribution in [2.45, 2.75) is 6.92 Å². The van der Waals surface area contributed by atoms with Crippen molar-refractivity contribution in [3.63, 3.8) is 0 Å². The summed E-state index contributed by atoms with van der Waals surface area (Å²) in [5.74, 6) is 0. The zero-order valence-corrected chi connectivity index (χ0v) is 11.3. The molecule has 0 saturated carbocycles. The van der Waals surface area contributed by atoms with E-state index in [0.29, 0.717) is 0 Å². The fourth-order valence-electron chi connectivity index (χ4n) is 2.51. The van der Waals surface area contributed by atoms with Crippen molar-refractivity contribution in [2.75, 3.05) is 0 Å². The Morgan fingerprint density at radius 2 is 1.26 bits per heavy atom. The van der Waals surface area contributed by atoms with Gasteiger partial charge in [-0.1, -0.05) is 60.7 Å². The van der Waals surface area contributed by atoms with Gasteiger partial charge in [0.25, 0.3) is 0 Å².